The molecule has 13 heteroatoms. The number of hydrogen-bond acceptors (Lipinski definition) is 11. The van der Waals surface area contributed by atoms with E-state index in [1.807, 2.05) is 48.5 Å². The maximum atomic E-state index is 12.2. The molecule has 306 valence electrons. The number of piperazine rings is 2. The van der Waals surface area contributed by atoms with Crippen LogP contribution in [0, 0.1) is 0 Å². The quantitative estimate of drug-likeness (QED) is 0.140. The molecule has 0 spiro atoms. The maximum Gasteiger partial charge on any atom is 0.272 e. The number of H-pyrrole nitrogens is 2. The third-order valence-electron chi connectivity index (χ3n) is 11.8. The van der Waals surface area contributed by atoms with Crippen molar-refractivity contribution in [2.24, 2.45) is 0 Å². The van der Waals surface area contributed by atoms with Crippen molar-refractivity contribution in [2.45, 2.75) is 39.8 Å². The van der Waals surface area contributed by atoms with Crippen LogP contribution in [-0.4, -0.2) is 119 Å². The summed E-state index contributed by atoms with van der Waals surface area (Å²) in [6.45, 7) is 18.8. The van der Waals surface area contributed by atoms with Gasteiger partial charge in [0.05, 0.1) is 28.2 Å². The number of nitrogens with zero attached hydrogens (tertiary/aromatic N) is 6. The minimum Gasteiger partial charge on any atom is -0.456 e. The second-order valence-electron chi connectivity index (χ2n) is 15.9. The zero-order chi connectivity index (χ0) is 40.3. The normalized spacial score (nSPS) is 16.5. The third-order valence-corrected chi connectivity index (χ3v) is 11.8. The average molecular weight is 797 g/mol. The van der Waals surface area contributed by atoms with Gasteiger partial charge in [0.1, 0.15) is 34.4 Å². The summed E-state index contributed by atoms with van der Waals surface area (Å²) in [4.78, 5) is 34.4. The Bertz CT molecular complexity index is 2570. The van der Waals surface area contributed by atoms with Crippen molar-refractivity contribution in [1.82, 2.24) is 40.0 Å². The van der Waals surface area contributed by atoms with E-state index in [0.717, 1.165) is 136 Å². The molecular weight excluding hydrogens is 745 g/mol. The Morgan fingerprint density at radius 3 is 1.51 bits per heavy atom. The molecule has 4 aliphatic rings. The Balaban J connectivity index is 0.000000153. The van der Waals surface area contributed by atoms with Crippen LogP contribution in [0.4, 0.5) is 0 Å². The van der Waals surface area contributed by atoms with E-state index >= 15 is 0 Å². The second kappa shape index (κ2) is 17.4. The zero-order valence-corrected chi connectivity index (χ0v) is 34.0. The number of benzene rings is 4. The van der Waals surface area contributed by atoms with Gasteiger partial charge in [-0.25, -0.2) is 10.2 Å². The standard InChI is InChI=1S/C24H28N4O3.C22H24N4O2/c1-2-13-30-14-12-27-8-10-28(11-9-27)16-17-6-7-20-19(15-17)23-22-18(24(29)26-25-23)4-3-5-21(22)31-20;1-2-8-25-9-11-26(12-10-25)14-15-6-7-18-17(13-15)21-20-16(22(27)24-23-21)4-3-5-19(20)28-18/h3-7,15H,2,8-14,16H2,1H3,(H,26,29);3-7,13H,2,8-12,14H2,1H3,(H,24,27). The molecule has 0 atom stereocenters. The van der Waals surface area contributed by atoms with Crippen LogP contribution in [0.1, 0.15) is 37.8 Å². The molecule has 2 fully saturated rings. The van der Waals surface area contributed by atoms with Crippen LogP contribution >= 0.6 is 0 Å². The van der Waals surface area contributed by atoms with Crippen LogP contribution < -0.4 is 20.6 Å². The Morgan fingerprint density at radius 2 is 1.03 bits per heavy atom. The molecule has 0 unspecified atom stereocenters. The molecule has 2 N–H and O–H groups in total. The van der Waals surface area contributed by atoms with Crippen molar-refractivity contribution in [3.8, 4) is 45.5 Å². The van der Waals surface area contributed by atoms with Gasteiger partial charge in [-0.2, -0.15) is 10.2 Å². The molecule has 4 aromatic carbocycles. The van der Waals surface area contributed by atoms with Crippen LogP contribution in [-0.2, 0) is 17.8 Å². The van der Waals surface area contributed by atoms with Gasteiger partial charge in [0.2, 0.25) is 0 Å². The lowest BCUT2D eigenvalue weighted by Gasteiger charge is -2.34. The predicted molar refractivity (Wildman–Crippen MR) is 231 cm³/mol. The highest BCUT2D eigenvalue weighted by Crippen LogP contribution is 2.46. The lowest BCUT2D eigenvalue weighted by atomic mass is 9.99. The number of aromatic nitrogens is 4. The molecule has 2 saturated heterocycles. The lowest BCUT2D eigenvalue weighted by molar-refractivity contribution is 0.0738. The number of nitrogens with one attached hydrogen (secondary N) is 2. The molecule has 0 radical (unpaired) electrons. The highest BCUT2D eigenvalue weighted by molar-refractivity contribution is 6.02. The van der Waals surface area contributed by atoms with Crippen molar-refractivity contribution >= 4 is 21.5 Å². The molecule has 0 bridgehead atoms. The van der Waals surface area contributed by atoms with Gasteiger partial charge in [-0.3, -0.25) is 24.3 Å². The Morgan fingerprint density at radius 1 is 0.559 bits per heavy atom. The number of rotatable bonds is 11. The molecule has 13 nitrogen and oxygen atoms in total. The molecule has 59 heavy (non-hydrogen) atoms. The van der Waals surface area contributed by atoms with Crippen LogP contribution in [0.25, 0.3) is 44.1 Å². The molecule has 0 saturated carbocycles. The van der Waals surface area contributed by atoms with Gasteiger partial charge in [0, 0.05) is 89.7 Å². The number of ether oxygens (including phenoxy) is 3. The van der Waals surface area contributed by atoms with E-state index in [1.165, 1.54) is 24.1 Å². The van der Waals surface area contributed by atoms with Gasteiger partial charge < -0.3 is 19.1 Å². The van der Waals surface area contributed by atoms with E-state index in [-0.39, 0.29) is 11.1 Å². The van der Waals surface area contributed by atoms with E-state index in [1.54, 1.807) is 0 Å². The smallest absolute Gasteiger partial charge is 0.272 e. The highest BCUT2D eigenvalue weighted by atomic mass is 16.5. The van der Waals surface area contributed by atoms with E-state index in [0.29, 0.717) is 22.3 Å². The first-order valence-corrected chi connectivity index (χ1v) is 21.1. The van der Waals surface area contributed by atoms with E-state index in [9.17, 15) is 9.59 Å². The van der Waals surface area contributed by atoms with E-state index < -0.39 is 0 Å². The topological polar surface area (TPSA) is 132 Å². The largest absolute Gasteiger partial charge is 0.456 e. The number of hydrogen-bond donors (Lipinski definition) is 2. The van der Waals surface area contributed by atoms with Gasteiger partial charge in [-0.15, -0.1) is 0 Å². The molecule has 0 aliphatic carbocycles. The lowest BCUT2D eigenvalue weighted by Crippen LogP contribution is -2.46. The fourth-order valence-corrected chi connectivity index (χ4v) is 8.69. The molecule has 10 rings (SSSR count). The fourth-order valence-electron chi connectivity index (χ4n) is 8.69. The summed E-state index contributed by atoms with van der Waals surface area (Å²) in [7, 11) is 0. The Hall–Kier alpha value is -5.44. The van der Waals surface area contributed by atoms with Crippen LogP contribution in [0.15, 0.2) is 82.4 Å². The van der Waals surface area contributed by atoms with Crippen LogP contribution in [0.2, 0.25) is 0 Å². The summed E-state index contributed by atoms with van der Waals surface area (Å²) in [5.41, 5.74) is 5.54. The molecule has 6 heterocycles. The van der Waals surface area contributed by atoms with Gasteiger partial charge in [0.15, 0.2) is 0 Å². The summed E-state index contributed by atoms with van der Waals surface area (Å²) in [6.07, 6.45) is 2.29. The summed E-state index contributed by atoms with van der Waals surface area (Å²) < 4.78 is 17.8. The Labute approximate surface area is 343 Å². The first-order chi connectivity index (χ1) is 28.9. The fraction of sp³-hybridized carbons (Fsp3) is 0.391. The SMILES string of the molecule is CCCN1CCN(Cc2ccc3c(c2)-c2n[nH]c(=O)c4cccc(c24)O3)CC1.CCCOCCN1CCN(Cc2ccc3c(c2)-c2n[nH]c(=O)c4cccc(c24)O3)CC1. The van der Waals surface area contributed by atoms with Crippen molar-refractivity contribution in [2.75, 3.05) is 78.7 Å². The van der Waals surface area contributed by atoms with Crippen molar-refractivity contribution in [1.29, 1.82) is 0 Å². The predicted octanol–water partition coefficient (Wildman–Crippen LogP) is 6.46. The summed E-state index contributed by atoms with van der Waals surface area (Å²) >= 11 is 0. The van der Waals surface area contributed by atoms with Gasteiger partial charge >= 0.3 is 0 Å². The van der Waals surface area contributed by atoms with Crippen LogP contribution in [0.5, 0.6) is 23.0 Å². The van der Waals surface area contributed by atoms with Gasteiger partial charge in [-0.1, -0.05) is 38.1 Å². The first kappa shape index (κ1) is 39.0. The maximum absolute atomic E-state index is 12.2. The minimum atomic E-state index is -0.193. The second-order valence-corrected chi connectivity index (χ2v) is 15.9. The zero-order valence-electron chi connectivity index (χ0n) is 34.0. The average Bonchev–Trinajstić information content (AvgIpc) is 3.26. The molecule has 2 aromatic heterocycles. The molecule has 4 aliphatic heterocycles. The monoisotopic (exact) mass is 796 g/mol. The molecule has 0 amide bonds. The van der Waals surface area contributed by atoms with Crippen molar-refractivity contribution in [3.63, 3.8) is 0 Å². The van der Waals surface area contributed by atoms with Crippen LogP contribution in [0.3, 0.4) is 0 Å². The molecule has 6 aromatic rings. The Kier molecular flexibility index (Phi) is 11.5. The third kappa shape index (κ3) is 8.26. The number of aromatic amines is 2. The summed E-state index contributed by atoms with van der Waals surface area (Å²) in [6, 6.07) is 23.7. The van der Waals surface area contributed by atoms with Crippen molar-refractivity contribution in [3.05, 3.63) is 105 Å². The summed E-state index contributed by atoms with van der Waals surface area (Å²) in [5, 5.41) is 16.8. The highest BCUT2D eigenvalue weighted by Gasteiger charge is 2.26. The number of fused-ring (bicyclic) bond motifs is 4. The van der Waals surface area contributed by atoms with Gasteiger partial charge in [-0.05, 0) is 79.0 Å². The molecular formula is C46H52N8O5. The first-order valence-electron chi connectivity index (χ1n) is 21.1. The van der Waals surface area contributed by atoms with Crippen molar-refractivity contribution < 1.29 is 14.2 Å². The van der Waals surface area contributed by atoms with Gasteiger partial charge in [0.25, 0.3) is 11.1 Å². The van der Waals surface area contributed by atoms with E-state index in [2.05, 4.69) is 78.1 Å². The minimum absolute atomic E-state index is 0.186. The summed E-state index contributed by atoms with van der Waals surface area (Å²) in [5.74, 6) is 2.94. The van der Waals surface area contributed by atoms with E-state index in [4.69, 9.17) is 14.2 Å².